The monoisotopic (exact) mass is 316 g/mol. The number of hydrogen-bond donors (Lipinski definition) is 2. The number of amides is 3. The molecule has 0 aliphatic carbocycles. The first-order valence-corrected chi connectivity index (χ1v) is 7.51. The van der Waals surface area contributed by atoms with E-state index in [9.17, 15) is 9.59 Å². The molecule has 3 amide bonds. The molecule has 3 N–H and O–H groups in total. The molecule has 1 aromatic carbocycles. The minimum Gasteiger partial charge on any atom is -0.351 e. The van der Waals surface area contributed by atoms with Gasteiger partial charge in [-0.1, -0.05) is 42.1 Å². The van der Waals surface area contributed by atoms with Crippen molar-refractivity contribution in [1.82, 2.24) is 15.3 Å². The van der Waals surface area contributed by atoms with E-state index >= 15 is 0 Å². The molecule has 1 aromatic heterocycles. The molecule has 0 spiro atoms. The Morgan fingerprint density at radius 1 is 1.23 bits per heavy atom. The van der Waals surface area contributed by atoms with Crippen LogP contribution in [0.3, 0.4) is 0 Å². The number of imide groups is 1. The van der Waals surface area contributed by atoms with Crippen LogP contribution >= 0.6 is 11.8 Å². The molecule has 0 bridgehead atoms. The molecule has 0 unspecified atom stereocenters. The Kier molecular flexibility index (Phi) is 5.11. The number of hydrogen-bond acceptors (Lipinski definition) is 5. The van der Waals surface area contributed by atoms with E-state index in [0.717, 1.165) is 17.0 Å². The SMILES string of the molecule is Cc1cc(-c2ccccc2)nc(S[C@H](C)C(=O)NC(N)=O)n1. The van der Waals surface area contributed by atoms with Gasteiger partial charge in [0.15, 0.2) is 5.16 Å². The number of urea groups is 1. The number of thioether (sulfide) groups is 1. The highest BCUT2D eigenvalue weighted by Crippen LogP contribution is 2.24. The van der Waals surface area contributed by atoms with Crippen molar-refractivity contribution in [2.45, 2.75) is 24.3 Å². The standard InChI is InChI=1S/C15H16N4O2S/c1-9-8-12(11-6-4-3-5-7-11)18-15(17-9)22-10(2)13(20)19-14(16)21/h3-8,10H,1-2H3,(H3,16,19,20,21)/t10-/m1/s1. The van der Waals surface area contributed by atoms with Crippen LogP contribution < -0.4 is 11.1 Å². The molecule has 22 heavy (non-hydrogen) atoms. The molecule has 2 aromatic rings. The first kappa shape index (κ1) is 16.0. The molecule has 0 saturated heterocycles. The van der Waals surface area contributed by atoms with Gasteiger partial charge in [0.1, 0.15) is 0 Å². The van der Waals surface area contributed by atoms with Crippen LogP contribution in [0.2, 0.25) is 0 Å². The number of nitrogens with two attached hydrogens (primary N) is 1. The molecule has 0 radical (unpaired) electrons. The zero-order valence-electron chi connectivity index (χ0n) is 12.2. The molecule has 114 valence electrons. The summed E-state index contributed by atoms with van der Waals surface area (Å²) in [4.78, 5) is 31.2. The lowest BCUT2D eigenvalue weighted by Gasteiger charge is -2.10. The van der Waals surface area contributed by atoms with Crippen molar-refractivity contribution < 1.29 is 9.59 Å². The summed E-state index contributed by atoms with van der Waals surface area (Å²) < 4.78 is 0. The first-order valence-electron chi connectivity index (χ1n) is 6.64. The summed E-state index contributed by atoms with van der Waals surface area (Å²) in [6, 6.07) is 10.7. The number of carbonyl (C=O) groups excluding carboxylic acids is 2. The zero-order chi connectivity index (χ0) is 16.1. The summed E-state index contributed by atoms with van der Waals surface area (Å²) in [6.45, 7) is 3.53. The van der Waals surface area contributed by atoms with Gasteiger partial charge in [0.2, 0.25) is 5.91 Å². The number of carbonyl (C=O) groups is 2. The maximum Gasteiger partial charge on any atom is 0.318 e. The topological polar surface area (TPSA) is 98.0 Å². The number of nitrogens with one attached hydrogen (secondary N) is 1. The van der Waals surface area contributed by atoms with Crippen molar-refractivity contribution in [3.63, 3.8) is 0 Å². The Balaban J connectivity index is 2.20. The zero-order valence-corrected chi connectivity index (χ0v) is 13.1. The summed E-state index contributed by atoms with van der Waals surface area (Å²) >= 11 is 1.17. The van der Waals surface area contributed by atoms with Crippen LogP contribution in [0, 0.1) is 6.92 Å². The number of aryl methyl sites for hydroxylation is 1. The molecule has 7 heteroatoms. The average Bonchev–Trinajstić information content (AvgIpc) is 2.46. The van der Waals surface area contributed by atoms with E-state index in [4.69, 9.17) is 5.73 Å². The molecule has 0 aliphatic rings. The van der Waals surface area contributed by atoms with Crippen molar-refractivity contribution in [3.05, 3.63) is 42.1 Å². The smallest absolute Gasteiger partial charge is 0.318 e. The maximum absolute atomic E-state index is 11.7. The van der Waals surface area contributed by atoms with Gasteiger partial charge >= 0.3 is 6.03 Å². The average molecular weight is 316 g/mol. The molecule has 2 rings (SSSR count). The minimum atomic E-state index is -0.868. The van der Waals surface area contributed by atoms with Crippen molar-refractivity contribution in [3.8, 4) is 11.3 Å². The van der Waals surface area contributed by atoms with Crippen molar-refractivity contribution in [2.75, 3.05) is 0 Å². The van der Waals surface area contributed by atoms with Gasteiger partial charge in [0.05, 0.1) is 10.9 Å². The van der Waals surface area contributed by atoms with Crippen LogP contribution in [0.5, 0.6) is 0 Å². The van der Waals surface area contributed by atoms with Gasteiger partial charge < -0.3 is 5.73 Å². The third kappa shape index (κ3) is 4.29. The number of primary amides is 1. The van der Waals surface area contributed by atoms with Crippen molar-refractivity contribution in [1.29, 1.82) is 0 Å². The molecule has 0 aliphatic heterocycles. The Labute approximate surface area is 132 Å². The Morgan fingerprint density at radius 3 is 2.55 bits per heavy atom. The fourth-order valence-electron chi connectivity index (χ4n) is 1.79. The summed E-state index contributed by atoms with van der Waals surface area (Å²) in [5.41, 5.74) is 7.51. The lowest BCUT2D eigenvalue weighted by atomic mass is 10.1. The fourth-order valence-corrected chi connectivity index (χ4v) is 2.62. The Morgan fingerprint density at radius 2 is 1.91 bits per heavy atom. The van der Waals surface area contributed by atoms with Crippen LogP contribution in [0.4, 0.5) is 4.79 Å². The summed E-state index contributed by atoms with van der Waals surface area (Å²) in [5.74, 6) is -0.469. The molecule has 1 atom stereocenters. The van der Waals surface area contributed by atoms with Gasteiger partial charge in [0, 0.05) is 11.3 Å². The minimum absolute atomic E-state index is 0.469. The summed E-state index contributed by atoms with van der Waals surface area (Å²) in [5, 5.41) is 2.00. The van der Waals surface area contributed by atoms with Gasteiger partial charge in [-0.3, -0.25) is 10.1 Å². The maximum atomic E-state index is 11.7. The quantitative estimate of drug-likeness (QED) is 0.665. The fraction of sp³-hybridized carbons (Fsp3) is 0.200. The van der Waals surface area contributed by atoms with Crippen LogP contribution in [-0.4, -0.2) is 27.2 Å². The van der Waals surface area contributed by atoms with E-state index in [1.54, 1.807) is 6.92 Å². The normalized spacial score (nSPS) is 11.7. The lowest BCUT2D eigenvalue weighted by molar-refractivity contribution is -0.119. The second-order valence-corrected chi connectivity index (χ2v) is 5.96. The number of rotatable bonds is 4. The van der Waals surface area contributed by atoms with E-state index in [1.165, 1.54) is 11.8 Å². The highest BCUT2D eigenvalue weighted by Gasteiger charge is 2.18. The second-order valence-electron chi connectivity index (χ2n) is 4.66. The van der Waals surface area contributed by atoms with Gasteiger partial charge in [0.25, 0.3) is 0 Å². The van der Waals surface area contributed by atoms with E-state index in [1.807, 2.05) is 48.6 Å². The highest BCUT2D eigenvalue weighted by molar-refractivity contribution is 8.00. The van der Waals surface area contributed by atoms with Crippen LogP contribution in [0.1, 0.15) is 12.6 Å². The van der Waals surface area contributed by atoms with E-state index in [-0.39, 0.29) is 0 Å². The number of benzene rings is 1. The van der Waals surface area contributed by atoms with Crippen LogP contribution in [0.25, 0.3) is 11.3 Å². The van der Waals surface area contributed by atoms with E-state index in [0.29, 0.717) is 5.16 Å². The highest BCUT2D eigenvalue weighted by atomic mass is 32.2. The van der Waals surface area contributed by atoms with Crippen molar-refractivity contribution in [2.24, 2.45) is 5.73 Å². The predicted octanol–water partition coefficient (Wildman–Crippen LogP) is 2.13. The predicted molar refractivity (Wildman–Crippen MR) is 85.3 cm³/mol. The molecule has 6 nitrogen and oxygen atoms in total. The number of aromatic nitrogens is 2. The Hall–Kier alpha value is -2.41. The molecular weight excluding hydrogens is 300 g/mol. The van der Waals surface area contributed by atoms with Crippen LogP contribution in [0.15, 0.2) is 41.6 Å². The second kappa shape index (κ2) is 7.04. The van der Waals surface area contributed by atoms with Gasteiger partial charge in [-0.15, -0.1) is 0 Å². The molecule has 0 fully saturated rings. The van der Waals surface area contributed by atoms with Gasteiger partial charge in [-0.25, -0.2) is 14.8 Å². The summed E-state index contributed by atoms with van der Waals surface area (Å²) in [7, 11) is 0. The first-order chi connectivity index (χ1) is 10.5. The van der Waals surface area contributed by atoms with Gasteiger partial charge in [-0.05, 0) is 19.9 Å². The van der Waals surface area contributed by atoms with E-state index < -0.39 is 17.2 Å². The third-order valence-corrected chi connectivity index (χ3v) is 3.76. The van der Waals surface area contributed by atoms with Gasteiger partial charge in [-0.2, -0.15) is 0 Å². The summed E-state index contributed by atoms with van der Waals surface area (Å²) in [6.07, 6.45) is 0. The third-order valence-electron chi connectivity index (χ3n) is 2.80. The number of nitrogens with zero attached hydrogens (tertiary/aromatic N) is 2. The van der Waals surface area contributed by atoms with Crippen molar-refractivity contribution >= 4 is 23.7 Å². The Bertz CT molecular complexity index is 691. The molecule has 0 saturated carbocycles. The van der Waals surface area contributed by atoms with Crippen LogP contribution in [-0.2, 0) is 4.79 Å². The lowest BCUT2D eigenvalue weighted by Crippen LogP contribution is -2.39. The van der Waals surface area contributed by atoms with E-state index in [2.05, 4.69) is 9.97 Å². The molecular formula is C15H16N4O2S. The molecule has 1 heterocycles. The largest absolute Gasteiger partial charge is 0.351 e.